The topological polar surface area (TPSA) is 34.1 Å². The van der Waals surface area contributed by atoms with Gasteiger partial charge in [-0.1, -0.05) is 25.7 Å². The van der Waals surface area contributed by atoms with E-state index in [2.05, 4.69) is 0 Å². The molecule has 0 aromatic heterocycles. The van der Waals surface area contributed by atoms with Gasteiger partial charge in [-0.15, -0.1) is 0 Å². The van der Waals surface area contributed by atoms with E-state index in [1.54, 1.807) is 0 Å². The Balaban J connectivity index is 1.77. The molecule has 2 rings (SSSR count). The van der Waals surface area contributed by atoms with Crippen LogP contribution in [0.15, 0.2) is 0 Å². The van der Waals surface area contributed by atoms with Crippen molar-refractivity contribution in [3.05, 3.63) is 0 Å². The third-order valence-corrected chi connectivity index (χ3v) is 4.58. The molecule has 16 heavy (non-hydrogen) atoms. The maximum absolute atomic E-state index is 11.6. The summed E-state index contributed by atoms with van der Waals surface area (Å²) in [5.74, 6) is 2.20. The molecule has 0 radical (unpaired) electrons. The first-order chi connectivity index (χ1) is 7.81. The predicted molar refractivity (Wildman–Crippen MR) is 63.1 cm³/mol. The van der Waals surface area contributed by atoms with Crippen LogP contribution in [0.2, 0.25) is 0 Å². The molecule has 0 atom stereocenters. The van der Waals surface area contributed by atoms with Crippen molar-refractivity contribution in [3.63, 3.8) is 0 Å². The van der Waals surface area contributed by atoms with Gasteiger partial charge in [0.05, 0.1) is 6.42 Å². The maximum atomic E-state index is 11.6. The van der Waals surface area contributed by atoms with Gasteiger partial charge in [-0.25, -0.2) is 0 Å². The molecular formula is C14H22O2. The Morgan fingerprint density at radius 2 is 1.50 bits per heavy atom. The second kappa shape index (κ2) is 5.60. The molecule has 0 N–H and O–H groups in total. The first-order valence-electron chi connectivity index (χ1n) is 6.77. The first kappa shape index (κ1) is 11.8. The fourth-order valence-electron chi connectivity index (χ4n) is 3.59. The summed E-state index contributed by atoms with van der Waals surface area (Å²) in [6, 6.07) is 0. The summed E-state index contributed by atoms with van der Waals surface area (Å²) >= 11 is 0. The molecule has 2 nitrogen and oxygen atoms in total. The van der Waals surface area contributed by atoms with Crippen LogP contribution in [0, 0.1) is 17.8 Å². The summed E-state index contributed by atoms with van der Waals surface area (Å²) in [6.45, 7) is 0. The summed E-state index contributed by atoms with van der Waals surface area (Å²) in [4.78, 5) is 21.9. The van der Waals surface area contributed by atoms with Gasteiger partial charge in [-0.05, 0) is 37.5 Å². The Labute approximate surface area is 97.8 Å². The first-order valence-corrected chi connectivity index (χ1v) is 6.77. The van der Waals surface area contributed by atoms with E-state index in [1.165, 1.54) is 38.5 Å². The summed E-state index contributed by atoms with van der Waals surface area (Å²) in [5, 5.41) is 0. The maximum Gasteiger partial charge on any atom is 0.143 e. The Morgan fingerprint density at radius 3 is 2.06 bits per heavy atom. The standard InChI is InChI=1S/C14H22O2/c15-10-9-14(16)13-7-5-12(6-8-13)11-3-1-2-4-11/h10-13H,1-9H2. The number of hydrogen-bond acceptors (Lipinski definition) is 2. The zero-order valence-electron chi connectivity index (χ0n) is 9.99. The summed E-state index contributed by atoms with van der Waals surface area (Å²) in [6.07, 6.45) is 11.1. The van der Waals surface area contributed by atoms with Crippen LogP contribution in [0.4, 0.5) is 0 Å². The number of aldehydes is 1. The number of Topliss-reactive ketones (excluding diaryl/α,β-unsaturated/α-hetero) is 1. The van der Waals surface area contributed by atoms with Gasteiger partial charge >= 0.3 is 0 Å². The largest absolute Gasteiger partial charge is 0.303 e. The van der Waals surface area contributed by atoms with Crippen molar-refractivity contribution in [2.45, 2.75) is 57.8 Å². The van der Waals surface area contributed by atoms with Crippen molar-refractivity contribution in [2.24, 2.45) is 17.8 Å². The third-order valence-electron chi connectivity index (χ3n) is 4.58. The highest BCUT2D eigenvalue weighted by atomic mass is 16.1. The smallest absolute Gasteiger partial charge is 0.143 e. The van der Waals surface area contributed by atoms with E-state index in [1.807, 2.05) is 0 Å². The Kier molecular flexibility index (Phi) is 4.14. The molecule has 2 saturated carbocycles. The van der Waals surface area contributed by atoms with Crippen LogP contribution >= 0.6 is 0 Å². The minimum absolute atomic E-state index is 0.138. The zero-order valence-corrected chi connectivity index (χ0v) is 9.99. The van der Waals surface area contributed by atoms with Gasteiger partial charge in [-0.3, -0.25) is 4.79 Å². The van der Waals surface area contributed by atoms with Crippen molar-refractivity contribution in [1.82, 2.24) is 0 Å². The molecule has 2 heteroatoms. The van der Waals surface area contributed by atoms with Crippen LogP contribution in [-0.4, -0.2) is 12.1 Å². The highest BCUT2D eigenvalue weighted by Crippen LogP contribution is 2.41. The lowest BCUT2D eigenvalue weighted by atomic mass is 9.74. The third kappa shape index (κ3) is 2.72. The lowest BCUT2D eigenvalue weighted by Gasteiger charge is -2.31. The molecule has 0 heterocycles. The number of carbonyl (C=O) groups is 2. The van der Waals surface area contributed by atoms with E-state index in [0.717, 1.165) is 31.0 Å². The van der Waals surface area contributed by atoms with Crippen molar-refractivity contribution in [3.8, 4) is 0 Å². The van der Waals surface area contributed by atoms with Crippen LogP contribution in [0.3, 0.4) is 0 Å². The fraction of sp³-hybridized carbons (Fsp3) is 0.857. The minimum Gasteiger partial charge on any atom is -0.303 e. The highest BCUT2D eigenvalue weighted by Gasteiger charge is 2.31. The monoisotopic (exact) mass is 222 g/mol. The molecule has 0 unspecified atom stereocenters. The quantitative estimate of drug-likeness (QED) is 0.541. The van der Waals surface area contributed by atoms with E-state index in [0.29, 0.717) is 0 Å². The van der Waals surface area contributed by atoms with Crippen LogP contribution in [-0.2, 0) is 9.59 Å². The van der Waals surface area contributed by atoms with Gasteiger partial charge in [0.15, 0.2) is 0 Å². The van der Waals surface area contributed by atoms with E-state index < -0.39 is 0 Å². The Hall–Kier alpha value is -0.660. The highest BCUT2D eigenvalue weighted by molar-refractivity contribution is 5.91. The van der Waals surface area contributed by atoms with Gasteiger partial charge < -0.3 is 4.79 Å². The van der Waals surface area contributed by atoms with Gasteiger partial charge in [-0.2, -0.15) is 0 Å². The average molecular weight is 222 g/mol. The van der Waals surface area contributed by atoms with Gasteiger partial charge in [0.1, 0.15) is 12.1 Å². The molecule has 0 spiro atoms. The van der Waals surface area contributed by atoms with Gasteiger partial charge in [0.25, 0.3) is 0 Å². The number of hydrogen-bond donors (Lipinski definition) is 0. The van der Waals surface area contributed by atoms with E-state index in [-0.39, 0.29) is 18.1 Å². The van der Waals surface area contributed by atoms with Crippen LogP contribution in [0.5, 0.6) is 0 Å². The summed E-state index contributed by atoms with van der Waals surface area (Å²) in [5.41, 5.74) is 0. The van der Waals surface area contributed by atoms with Gasteiger partial charge in [0, 0.05) is 5.92 Å². The molecule has 2 fully saturated rings. The Bertz CT molecular complexity index is 245. The van der Waals surface area contributed by atoms with Crippen molar-refractivity contribution in [1.29, 1.82) is 0 Å². The van der Waals surface area contributed by atoms with Crippen molar-refractivity contribution >= 4 is 12.1 Å². The zero-order chi connectivity index (χ0) is 11.4. The van der Waals surface area contributed by atoms with Crippen LogP contribution in [0.25, 0.3) is 0 Å². The molecule has 0 aromatic rings. The SMILES string of the molecule is O=CCC(=O)C1CCC(C2CCCC2)CC1. The molecule has 0 bridgehead atoms. The predicted octanol–water partition coefficient (Wildman–Crippen LogP) is 3.14. The van der Waals surface area contributed by atoms with Crippen LogP contribution < -0.4 is 0 Å². The number of rotatable bonds is 4. The van der Waals surface area contributed by atoms with Crippen LogP contribution in [0.1, 0.15) is 57.8 Å². The molecule has 0 aliphatic heterocycles. The molecular weight excluding hydrogens is 200 g/mol. The number of ketones is 1. The fourth-order valence-corrected chi connectivity index (χ4v) is 3.59. The average Bonchev–Trinajstić information content (AvgIpc) is 2.83. The minimum atomic E-state index is 0.138. The Morgan fingerprint density at radius 1 is 0.938 bits per heavy atom. The van der Waals surface area contributed by atoms with Crippen molar-refractivity contribution in [2.75, 3.05) is 0 Å². The second-order valence-corrected chi connectivity index (χ2v) is 5.49. The molecule has 0 saturated heterocycles. The van der Waals surface area contributed by atoms with Gasteiger partial charge in [0.2, 0.25) is 0 Å². The molecule has 2 aliphatic rings. The van der Waals surface area contributed by atoms with Crippen molar-refractivity contribution < 1.29 is 9.59 Å². The normalized spacial score (nSPS) is 31.5. The summed E-state index contributed by atoms with van der Waals surface area (Å²) in [7, 11) is 0. The lowest BCUT2D eigenvalue weighted by molar-refractivity contribution is -0.126. The van der Waals surface area contributed by atoms with E-state index in [4.69, 9.17) is 0 Å². The molecule has 0 amide bonds. The lowest BCUT2D eigenvalue weighted by Crippen LogP contribution is -2.25. The second-order valence-electron chi connectivity index (χ2n) is 5.49. The molecule has 2 aliphatic carbocycles. The summed E-state index contributed by atoms with van der Waals surface area (Å²) < 4.78 is 0. The molecule has 90 valence electrons. The molecule has 0 aromatic carbocycles. The van der Waals surface area contributed by atoms with E-state index in [9.17, 15) is 9.59 Å². The van der Waals surface area contributed by atoms with E-state index >= 15 is 0 Å². The number of carbonyl (C=O) groups excluding carboxylic acids is 2.